The molecule has 0 bridgehead atoms. The fraction of sp³-hybridized carbons (Fsp3) is 0.300. The molecule has 192 valence electrons. The Labute approximate surface area is 216 Å². The first-order valence-corrected chi connectivity index (χ1v) is 11.9. The normalized spacial score (nSPS) is 15.2. The molecule has 0 aromatic carbocycles. The van der Waals surface area contributed by atoms with Crippen molar-refractivity contribution in [2.24, 2.45) is 9.98 Å². The van der Waals surface area contributed by atoms with Crippen LogP contribution >= 0.6 is 0 Å². The van der Waals surface area contributed by atoms with Gasteiger partial charge in [-0.3, -0.25) is 9.98 Å². The number of hydrogen-bond acceptors (Lipinski definition) is 6. The predicted molar refractivity (Wildman–Crippen MR) is 156 cm³/mol. The fourth-order valence-corrected chi connectivity index (χ4v) is 3.63. The third-order valence-corrected chi connectivity index (χ3v) is 5.49. The van der Waals surface area contributed by atoms with Gasteiger partial charge in [0.1, 0.15) is 18.2 Å². The maximum atomic E-state index is 7.00. The Kier molecular flexibility index (Phi) is 14.1. The summed E-state index contributed by atoms with van der Waals surface area (Å²) in [6, 6.07) is 3.98. The Balaban J connectivity index is 0.00000316. The minimum absolute atomic E-state index is 0.349. The van der Waals surface area contributed by atoms with Gasteiger partial charge < -0.3 is 14.7 Å². The van der Waals surface area contributed by atoms with E-state index in [-0.39, 0.29) is 0 Å². The van der Waals surface area contributed by atoms with Crippen molar-refractivity contribution >= 4 is 24.3 Å². The molecule has 0 aliphatic carbocycles. The molecule has 1 aliphatic heterocycles. The van der Waals surface area contributed by atoms with Crippen molar-refractivity contribution in [1.82, 2.24) is 4.98 Å². The minimum atomic E-state index is 0.349. The Morgan fingerprint density at radius 3 is 2.58 bits per heavy atom. The van der Waals surface area contributed by atoms with Crippen molar-refractivity contribution in [2.45, 2.75) is 34.1 Å². The largest absolute Gasteiger partial charge is 0.488 e. The average molecular weight is 489 g/mol. The van der Waals surface area contributed by atoms with Gasteiger partial charge in [-0.25, -0.2) is 4.98 Å². The van der Waals surface area contributed by atoms with Crippen LogP contribution in [-0.2, 0) is 4.74 Å². The molecule has 1 aromatic heterocycles. The number of aliphatic hydroxyl groups excluding tert-OH is 1. The molecule has 0 unspecified atom stereocenters. The van der Waals surface area contributed by atoms with Crippen LogP contribution in [0.15, 0.2) is 106 Å². The smallest absolute Gasteiger partial charge is 0.136 e. The second-order valence-corrected chi connectivity index (χ2v) is 7.74. The highest BCUT2D eigenvalue weighted by molar-refractivity contribution is 5.80. The van der Waals surface area contributed by atoms with Crippen molar-refractivity contribution in [2.75, 3.05) is 31.7 Å². The van der Waals surface area contributed by atoms with E-state index in [4.69, 9.17) is 9.84 Å². The lowest BCUT2D eigenvalue weighted by atomic mass is 10.0. The van der Waals surface area contributed by atoms with E-state index in [1.807, 2.05) is 88.7 Å². The van der Waals surface area contributed by atoms with Gasteiger partial charge in [-0.15, -0.1) is 0 Å². The summed E-state index contributed by atoms with van der Waals surface area (Å²) in [6.07, 6.45) is 16.2. The molecule has 2 rings (SSSR count). The first-order valence-electron chi connectivity index (χ1n) is 11.9. The Morgan fingerprint density at radius 2 is 1.97 bits per heavy atom. The van der Waals surface area contributed by atoms with Crippen LogP contribution in [0.1, 0.15) is 39.7 Å². The Morgan fingerprint density at radius 1 is 1.22 bits per heavy atom. The van der Waals surface area contributed by atoms with E-state index in [0.717, 1.165) is 71.9 Å². The average Bonchev–Trinajstić information content (AvgIpc) is 2.92. The van der Waals surface area contributed by atoms with Crippen LogP contribution in [0.25, 0.3) is 5.57 Å². The van der Waals surface area contributed by atoms with Crippen molar-refractivity contribution in [3.8, 4) is 0 Å². The number of nitrogens with zero attached hydrogens (tertiary/aromatic N) is 4. The highest BCUT2D eigenvalue weighted by Gasteiger charge is 2.20. The molecule has 0 spiro atoms. The van der Waals surface area contributed by atoms with Crippen molar-refractivity contribution in [1.29, 1.82) is 0 Å². The van der Waals surface area contributed by atoms with Gasteiger partial charge in [0, 0.05) is 50.3 Å². The number of rotatable bonds is 11. The molecule has 0 fully saturated rings. The number of aliphatic imine (C=N–C) groups is 2. The van der Waals surface area contributed by atoms with E-state index < -0.39 is 0 Å². The third kappa shape index (κ3) is 8.78. The summed E-state index contributed by atoms with van der Waals surface area (Å²) in [5.74, 6) is 1.64. The number of ether oxygens (including phenoxy) is 1. The molecule has 0 saturated carbocycles. The molecule has 6 heteroatoms. The molecular formula is C30H40N4O2. The van der Waals surface area contributed by atoms with Crippen LogP contribution in [0.5, 0.6) is 0 Å². The Bertz CT molecular complexity index is 1090. The second-order valence-electron chi connectivity index (χ2n) is 7.74. The van der Waals surface area contributed by atoms with Crippen LogP contribution in [0.3, 0.4) is 0 Å². The van der Waals surface area contributed by atoms with Crippen LogP contribution in [0.2, 0.25) is 0 Å². The number of hydrogen-bond donors (Lipinski definition) is 1. The van der Waals surface area contributed by atoms with Gasteiger partial charge in [-0.05, 0) is 75.4 Å². The van der Waals surface area contributed by atoms with Crippen LogP contribution in [0, 0.1) is 0 Å². The van der Waals surface area contributed by atoms with Gasteiger partial charge in [0.25, 0.3) is 0 Å². The van der Waals surface area contributed by atoms with Gasteiger partial charge in [0.05, 0.1) is 5.70 Å². The quantitative estimate of drug-likeness (QED) is 0.220. The molecule has 0 atom stereocenters. The lowest BCUT2D eigenvalue weighted by Crippen LogP contribution is -2.32. The summed E-state index contributed by atoms with van der Waals surface area (Å²) in [6.45, 7) is 21.7. The summed E-state index contributed by atoms with van der Waals surface area (Å²) in [5, 5.41) is 7.00. The van der Waals surface area contributed by atoms with Gasteiger partial charge in [0.15, 0.2) is 0 Å². The standard InChI is InChI=1S/C29H36N4O.CH4O/c1-8-13-23(6)28(30-7)21-34-25(10-3)16-15-22(5)26-14-12-18-32-29(26)33-19-17-27(31-11-4)24(9-2)20-33;1-2/h8-16,18H,2,5,7,17,19-21H2,1,3-4,6H3;2H,1H3/b13-8+,16-15-,25-10+,28-23-,31-11?;. The van der Waals surface area contributed by atoms with E-state index in [0.29, 0.717) is 6.61 Å². The zero-order valence-electron chi connectivity index (χ0n) is 22.4. The maximum Gasteiger partial charge on any atom is 0.136 e. The number of anilines is 1. The topological polar surface area (TPSA) is 70.3 Å². The van der Waals surface area contributed by atoms with Crippen molar-refractivity contribution in [3.05, 3.63) is 102 Å². The summed E-state index contributed by atoms with van der Waals surface area (Å²) in [7, 11) is 1.00. The van der Waals surface area contributed by atoms with Crippen LogP contribution in [-0.4, -0.2) is 49.8 Å². The van der Waals surface area contributed by atoms with E-state index >= 15 is 0 Å². The highest BCUT2D eigenvalue weighted by atomic mass is 16.5. The second kappa shape index (κ2) is 16.8. The van der Waals surface area contributed by atoms with Gasteiger partial charge in [-0.1, -0.05) is 37.5 Å². The lowest BCUT2D eigenvalue weighted by Gasteiger charge is -2.31. The lowest BCUT2D eigenvalue weighted by molar-refractivity contribution is 0.251. The van der Waals surface area contributed by atoms with E-state index in [1.54, 1.807) is 0 Å². The zero-order valence-corrected chi connectivity index (χ0v) is 22.4. The first-order chi connectivity index (χ1) is 17.5. The van der Waals surface area contributed by atoms with Crippen LogP contribution in [0.4, 0.5) is 5.82 Å². The van der Waals surface area contributed by atoms with Gasteiger partial charge in [-0.2, -0.15) is 0 Å². The van der Waals surface area contributed by atoms with Crippen molar-refractivity contribution in [3.63, 3.8) is 0 Å². The minimum Gasteiger partial charge on any atom is -0.488 e. The fourth-order valence-electron chi connectivity index (χ4n) is 3.63. The number of allylic oxidation sites excluding steroid dienone is 7. The predicted octanol–water partition coefficient (Wildman–Crippen LogP) is 6.47. The van der Waals surface area contributed by atoms with Crippen LogP contribution < -0.4 is 4.90 Å². The molecule has 1 aromatic rings. The first kappa shape index (κ1) is 30.3. The molecule has 2 heterocycles. The summed E-state index contributed by atoms with van der Waals surface area (Å²) < 4.78 is 5.96. The molecule has 1 N–H and O–H groups in total. The number of aliphatic hydroxyl groups is 1. The molecule has 1 aliphatic rings. The molecule has 0 amide bonds. The van der Waals surface area contributed by atoms with Gasteiger partial charge >= 0.3 is 0 Å². The SMILES string of the molecule is C=CC1=C(N=CC)CCN(c2ncccc2C(=C)/C=C\C(=C/C)OC/C(N=C)=C(C)/C=C/C)C1.CO. The van der Waals surface area contributed by atoms with E-state index in [2.05, 4.69) is 39.7 Å². The zero-order chi connectivity index (χ0) is 26.9. The maximum absolute atomic E-state index is 7.00. The summed E-state index contributed by atoms with van der Waals surface area (Å²) in [5.41, 5.74) is 5.89. The molecular weight excluding hydrogens is 448 g/mol. The van der Waals surface area contributed by atoms with E-state index in [9.17, 15) is 0 Å². The summed E-state index contributed by atoms with van der Waals surface area (Å²) in [4.78, 5) is 15.5. The molecule has 0 saturated heterocycles. The van der Waals surface area contributed by atoms with Gasteiger partial charge in [0.2, 0.25) is 0 Å². The molecule has 36 heavy (non-hydrogen) atoms. The number of pyridine rings is 1. The Hall–Kier alpha value is -3.77. The highest BCUT2D eigenvalue weighted by Crippen LogP contribution is 2.30. The van der Waals surface area contributed by atoms with Crippen molar-refractivity contribution < 1.29 is 9.84 Å². The third-order valence-electron chi connectivity index (χ3n) is 5.49. The number of aromatic nitrogens is 1. The molecule has 0 radical (unpaired) electrons. The van der Waals surface area contributed by atoms with E-state index in [1.165, 1.54) is 0 Å². The molecule has 6 nitrogen and oxygen atoms in total. The monoisotopic (exact) mass is 488 g/mol. The summed E-state index contributed by atoms with van der Waals surface area (Å²) >= 11 is 0.